The van der Waals surface area contributed by atoms with Gasteiger partial charge in [-0.15, -0.1) is 0 Å². The minimum absolute atomic E-state index is 0.222. The monoisotopic (exact) mass is 330 g/mol. The molecular weight excluding hydrogens is 312 g/mol. The Hall–Kier alpha value is -3.20. The van der Waals surface area contributed by atoms with Crippen LogP contribution >= 0.6 is 0 Å². The van der Waals surface area contributed by atoms with E-state index in [4.69, 9.17) is 0 Å². The minimum atomic E-state index is 0.222. The van der Waals surface area contributed by atoms with E-state index in [1.54, 1.807) is 36.4 Å². The zero-order valence-corrected chi connectivity index (χ0v) is 13.6. The van der Waals surface area contributed by atoms with Crippen molar-refractivity contribution in [1.82, 2.24) is 0 Å². The molecule has 0 fully saturated rings. The third-order valence-corrected chi connectivity index (χ3v) is 4.60. The van der Waals surface area contributed by atoms with Gasteiger partial charge in [0.2, 0.25) is 0 Å². The topological polar surface area (TPSA) is 60.7 Å². The number of aryl methyl sites for hydroxylation is 2. The lowest BCUT2D eigenvalue weighted by molar-refractivity contribution is 0.473. The van der Waals surface area contributed by atoms with Crippen molar-refractivity contribution >= 4 is 11.6 Å². The first-order valence-corrected chi connectivity index (χ1v) is 8.25. The van der Waals surface area contributed by atoms with E-state index in [-0.39, 0.29) is 17.2 Å². The normalized spacial score (nSPS) is 12.9. The summed E-state index contributed by atoms with van der Waals surface area (Å²) >= 11 is 0. The number of phenols is 3. The highest BCUT2D eigenvalue weighted by molar-refractivity contribution is 5.94. The van der Waals surface area contributed by atoms with Gasteiger partial charge in [0.25, 0.3) is 0 Å². The van der Waals surface area contributed by atoms with E-state index in [0.717, 1.165) is 46.2 Å². The summed E-state index contributed by atoms with van der Waals surface area (Å²) in [5, 5.41) is 29.5. The highest BCUT2D eigenvalue weighted by Gasteiger charge is 2.19. The van der Waals surface area contributed by atoms with Crippen LogP contribution in [-0.2, 0) is 12.8 Å². The van der Waals surface area contributed by atoms with Crippen molar-refractivity contribution < 1.29 is 15.3 Å². The van der Waals surface area contributed by atoms with Crippen molar-refractivity contribution in [2.45, 2.75) is 12.8 Å². The van der Waals surface area contributed by atoms with E-state index >= 15 is 0 Å². The van der Waals surface area contributed by atoms with Gasteiger partial charge in [-0.05, 0) is 88.7 Å². The fraction of sp³-hybridized carbons (Fsp3) is 0.0909. The van der Waals surface area contributed by atoms with Crippen molar-refractivity contribution in [1.29, 1.82) is 0 Å². The van der Waals surface area contributed by atoms with Gasteiger partial charge in [0.15, 0.2) is 0 Å². The summed E-state index contributed by atoms with van der Waals surface area (Å²) in [6.07, 6.45) is 3.62. The van der Waals surface area contributed by atoms with Crippen LogP contribution in [0.1, 0.15) is 27.8 Å². The van der Waals surface area contributed by atoms with E-state index in [9.17, 15) is 15.3 Å². The molecule has 1 aliphatic carbocycles. The molecule has 3 heteroatoms. The Morgan fingerprint density at radius 3 is 1.76 bits per heavy atom. The van der Waals surface area contributed by atoms with Gasteiger partial charge in [-0.3, -0.25) is 0 Å². The number of fused-ring (bicyclic) bond motifs is 2. The fourth-order valence-electron chi connectivity index (χ4n) is 3.45. The Labute approximate surface area is 146 Å². The van der Waals surface area contributed by atoms with Gasteiger partial charge in [0.05, 0.1) is 0 Å². The van der Waals surface area contributed by atoms with E-state index in [1.807, 2.05) is 30.3 Å². The molecule has 0 heterocycles. The number of rotatable bonds is 1. The summed E-state index contributed by atoms with van der Waals surface area (Å²) in [4.78, 5) is 0. The van der Waals surface area contributed by atoms with Gasteiger partial charge in [0, 0.05) is 0 Å². The van der Waals surface area contributed by atoms with Crippen molar-refractivity contribution in [2.75, 3.05) is 0 Å². The van der Waals surface area contributed by atoms with Crippen LogP contribution < -0.4 is 0 Å². The minimum Gasteiger partial charge on any atom is -0.508 e. The smallest absolute Gasteiger partial charge is 0.116 e. The van der Waals surface area contributed by atoms with Crippen LogP contribution in [-0.4, -0.2) is 15.3 Å². The Balaban J connectivity index is 1.97. The lowest BCUT2D eigenvalue weighted by Gasteiger charge is -2.13. The lowest BCUT2D eigenvalue weighted by Crippen LogP contribution is -1.92. The largest absolute Gasteiger partial charge is 0.508 e. The molecule has 0 aliphatic heterocycles. The molecule has 3 aromatic rings. The number of phenolic OH excluding ortho intramolecular Hbond substituents is 3. The third kappa shape index (κ3) is 2.96. The standard InChI is InChI=1S/C22H18O3/c23-17-3-1-2-14(10-17)11-22-20-8-6-18(24)12-15(20)4-5-16-13-19(25)7-9-21(16)22/h1-3,6-13,23-25H,4-5H2. The Morgan fingerprint density at radius 2 is 1.20 bits per heavy atom. The van der Waals surface area contributed by atoms with Gasteiger partial charge in [0.1, 0.15) is 17.2 Å². The van der Waals surface area contributed by atoms with Gasteiger partial charge >= 0.3 is 0 Å². The number of hydrogen-bond donors (Lipinski definition) is 3. The second-order valence-corrected chi connectivity index (χ2v) is 6.34. The molecule has 0 spiro atoms. The predicted molar refractivity (Wildman–Crippen MR) is 98.7 cm³/mol. The van der Waals surface area contributed by atoms with Crippen LogP contribution in [0.2, 0.25) is 0 Å². The molecule has 0 radical (unpaired) electrons. The van der Waals surface area contributed by atoms with E-state index in [2.05, 4.69) is 0 Å². The molecule has 124 valence electrons. The Bertz CT molecular complexity index is 931. The summed E-state index contributed by atoms with van der Waals surface area (Å²) in [5.41, 5.74) is 6.18. The predicted octanol–water partition coefficient (Wildman–Crippen LogP) is 4.49. The molecule has 0 saturated heterocycles. The molecule has 4 rings (SSSR count). The lowest BCUT2D eigenvalue weighted by atomic mass is 9.92. The molecule has 3 nitrogen and oxygen atoms in total. The average molecular weight is 330 g/mol. The third-order valence-electron chi connectivity index (χ3n) is 4.60. The maximum absolute atomic E-state index is 9.86. The van der Waals surface area contributed by atoms with Gasteiger partial charge in [-0.25, -0.2) is 0 Å². The van der Waals surface area contributed by atoms with Crippen LogP contribution in [0.15, 0.2) is 60.7 Å². The molecule has 3 aromatic carbocycles. The fourth-order valence-corrected chi connectivity index (χ4v) is 3.45. The highest BCUT2D eigenvalue weighted by atomic mass is 16.3. The van der Waals surface area contributed by atoms with Crippen LogP contribution in [0.5, 0.6) is 17.2 Å². The zero-order chi connectivity index (χ0) is 17.4. The van der Waals surface area contributed by atoms with Gasteiger partial charge < -0.3 is 15.3 Å². The van der Waals surface area contributed by atoms with Crippen LogP contribution in [0.3, 0.4) is 0 Å². The number of hydrogen-bond acceptors (Lipinski definition) is 3. The van der Waals surface area contributed by atoms with E-state index in [1.165, 1.54) is 0 Å². The molecule has 0 amide bonds. The molecule has 0 bridgehead atoms. The summed E-state index contributed by atoms with van der Waals surface area (Å²) < 4.78 is 0. The maximum Gasteiger partial charge on any atom is 0.116 e. The molecule has 0 saturated carbocycles. The first kappa shape index (κ1) is 15.3. The van der Waals surface area contributed by atoms with Gasteiger partial charge in [-0.1, -0.05) is 24.3 Å². The molecule has 3 N–H and O–H groups in total. The highest BCUT2D eigenvalue weighted by Crippen LogP contribution is 2.37. The second kappa shape index (κ2) is 6.02. The van der Waals surface area contributed by atoms with Crippen molar-refractivity contribution in [2.24, 2.45) is 0 Å². The first-order chi connectivity index (χ1) is 12.1. The molecule has 0 aromatic heterocycles. The molecular formula is C22H18O3. The Morgan fingerprint density at radius 1 is 0.640 bits per heavy atom. The van der Waals surface area contributed by atoms with Crippen LogP contribution in [0.25, 0.3) is 11.6 Å². The summed E-state index contributed by atoms with van der Waals surface area (Å²) in [5.74, 6) is 0.730. The van der Waals surface area contributed by atoms with Gasteiger partial charge in [-0.2, -0.15) is 0 Å². The van der Waals surface area contributed by atoms with E-state index in [0.29, 0.717) is 0 Å². The molecule has 1 aliphatic rings. The van der Waals surface area contributed by atoms with E-state index < -0.39 is 0 Å². The number of aromatic hydroxyl groups is 3. The quantitative estimate of drug-likeness (QED) is 0.616. The van der Waals surface area contributed by atoms with Crippen molar-refractivity contribution in [3.8, 4) is 17.2 Å². The van der Waals surface area contributed by atoms with Crippen LogP contribution in [0, 0.1) is 0 Å². The SMILES string of the molecule is Oc1cccc(C=C2c3ccc(O)cc3CCc3cc(O)ccc32)c1. The summed E-state index contributed by atoms with van der Waals surface area (Å²) in [6.45, 7) is 0. The summed E-state index contributed by atoms with van der Waals surface area (Å²) in [6, 6.07) is 18.0. The summed E-state index contributed by atoms with van der Waals surface area (Å²) in [7, 11) is 0. The zero-order valence-electron chi connectivity index (χ0n) is 13.6. The second-order valence-electron chi connectivity index (χ2n) is 6.34. The maximum atomic E-state index is 9.86. The van der Waals surface area contributed by atoms with Crippen LogP contribution in [0.4, 0.5) is 0 Å². The molecule has 25 heavy (non-hydrogen) atoms. The molecule has 0 atom stereocenters. The number of benzene rings is 3. The van der Waals surface area contributed by atoms with Crippen molar-refractivity contribution in [3.63, 3.8) is 0 Å². The first-order valence-electron chi connectivity index (χ1n) is 8.25. The average Bonchev–Trinajstić information content (AvgIpc) is 2.72. The Kier molecular flexibility index (Phi) is 3.69. The molecule has 0 unspecified atom stereocenters. The van der Waals surface area contributed by atoms with Crippen molar-refractivity contribution in [3.05, 3.63) is 88.5 Å².